The average molecular weight is 303 g/mol. The fourth-order valence-electron chi connectivity index (χ4n) is 3.37. The highest BCUT2D eigenvalue weighted by Gasteiger charge is 2.35. The number of fused-ring (bicyclic) bond motifs is 2. The Kier molecular flexibility index (Phi) is 3.40. The Bertz CT molecular complexity index is 845. The number of ether oxygens (including phenoxy) is 1. The second-order valence-electron chi connectivity index (χ2n) is 6.10. The molecule has 3 heteroatoms. The molecule has 0 radical (unpaired) electrons. The number of nitrogens with zero attached hydrogens (tertiary/aromatic N) is 1. The molecule has 1 heterocycles. The van der Waals surface area contributed by atoms with Crippen LogP contribution in [-0.2, 0) is 13.2 Å². The number of hydrogen-bond donors (Lipinski definition) is 1. The van der Waals surface area contributed by atoms with Gasteiger partial charge >= 0.3 is 0 Å². The number of para-hydroxylation sites is 1. The molecule has 0 bridgehead atoms. The Labute approximate surface area is 135 Å². The standard InChI is InChI=1S/C20H17NO2/c21-8-7-14-10-18(14)20-16-6-5-13(11-22)9-15(16)12-23-19-4-2-1-3-17(19)20/h1-6,9,14,22H,7,10-12H2/b20-18+. The molecule has 2 aromatic carbocycles. The Morgan fingerprint density at radius 2 is 2.04 bits per heavy atom. The Hall–Kier alpha value is -2.57. The van der Waals surface area contributed by atoms with Crippen LogP contribution in [0.15, 0.2) is 48.0 Å². The van der Waals surface area contributed by atoms with Crippen LogP contribution in [0.1, 0.15) is 35.1 Å². The molecule has 1 fully saturated rings. The number of benzene rings is 2. The van der Waals surface area contributed by atoms with Gasteiger partial charge in [0.2, 0.25) is 0 Å². The second kappa shape index (κ2) is 5.57. The zero-order chi connectivity index (χ0) is 15.8. The topological polar surface area (TPSA) is 53.2 Å². The van der Waals surface area contributed by atoms with E-state index in [1.54, 1.807) is 0 Å². The van der Waals surface area contributed by atoms with Crippen molar-refractivity contribution in [1.82, 2.24) is 0 Å². The molecule has 0 aromatic heterocycles. The summed E-state index contributed by atoms with van der Waals surface area (Å²) in [6.07, 6.45) is 1.56. The second-order valence-corrected chi connectivity index (χ2v) is 6.10. The lowest BCUT2D eigenvalue weighted by Gasteiger charge is -2.11. The maximum absolute atomic E-state index is 9.39. The van der Waals surface area contributed by atoms with Gasteiger partial charge in [-0.1, -0.05) is 35.9 Å². The van der Waals surface area contributed by atoms with E-state index in [4.69, 9.17) is 10.00 Å². The van der Waals surface area contributed by atoms with E-state index in [1.807, 2.05) is 30.3 Å². The van der Waals surface area contributed by atoms with Crippen molar-refractivity contribution in [3.8, 4) is 11.8 Å². The summed E-state index contributed by atoms with van der Waals surface area (Å²) < 4.78 is 6.00. The number of hydrogen-bond acceptors (Lipinski definition) is 3. The van der Waals surface area contributed by atoms with E-state index in [2.05, 4.69) is 18.2 Å². The molecule has 2 aromatic rings. The van der Waals surface area contributed by atoms with Crippen molar-refractivity contribution in [2.75, 3.05) is 0 Å². The molecule has 0 saturated heterocycles. The first-order chi connectivity index (χ1) is 11.3. The van der Waals surface area contributed by atoms with Gasteiger partial charge in [0.1, 0.15) is 12.4 Å². The molecule has 114 valence electrons. The highest BCUT2D eigenvalue weighted by Crippen LogP contribution is 2.50. The molecular weight excluding hydrogens is 286 g/mol. The van der Waals surface area contributed by atoms with Gasteiger partial charge in [-0.15, -0.1) is 0 Å². The number of rotatable bonds is 2. The van der Waals surface area contributed by atoms with E-state index in [0.717, 1.165) is 28.9 Å². The van der Waals surface area contributed by atoms with Gasteiger partial charge in [0.05, 0.1) is 12.7 Å². The van der Waals surface area contributed by atoms with E-state index in [0.29, 0.717) is 18.9 Å². The quantitative estimate of drug-likeness (QED) is 0.918. The van der Waals surface area contributed by atoms with E-state index in [9.17, 15) is 5.11 Å². The van der Waals surface area contributed by atoms with Crippen LogP contribution in [0.3, 0.4) is 0 Å². The summed E-state index contributed by atoms with van der Waals surface area (Å²) in [5.41, 5.74) is 6.84. The molecule has 0 spiro atoms. The van der Waals surface area contributed by atoms with Crippen LogP contribution in [0, 0.1) is 17.2 Å². The fraction of sp³-hybridized carbons (Fsp3) is 0.250. The normalized spacial score (nSPS) is 21.5. The first-order valence-corrected chi connectivity index (χ1v) is 7.87. The van der Waals surface area contributed by atoms with Crippen molar-refractivity contribution in [3.63, 3.8) is 0 Å². The third-order valence-corrected chi connectivity index (χ3v) is 4.62. The van der Waals surface area contributed by atoms with Gasteiger partial charge < -0.3 is 9.84 Å². The van der Waals surface area contributed by atoms with E-state index < -0.39 is 0 Å². The minimum atomic E-state index is 0.0309. The van der Waals surface area contributed by atoms with E-state index in [1.165, 1.54) is 16.7 Å². The summed E-state index contributed by atoms with van der Waals surface area (Å²) in [6, 6.07) is 16.4. The van der Waals surface area contributed by atoms with Crippen molar-refractivity contribution in [1.29, 1.82) is 5.26 Å². The summed E-state index contributed by atoms with van der Waals surface area (Å²) in [4.78, 5) is 0. The molecule has 2 aliphatic rings. The molecule has 23 heavy (non-hydrogen) atoms. The van der Waals surface area contributed by atoms with Crippen molar-refractivity contribution < 1.29 is 9.84 Å². The summed E-state index contributed by atoms with van der Waals surface area (Å²) in [6.45, 7) is 0.531. The van der Waals surface area contributed by atoms with Crippen molar-refractivity contribution >= 4 is 5.57 Å². The fourth-order valence-corrected chi connectivity index (χ4v) is 3.37. The van der Waals surface area contributed by atoms with Crippen LogP contribution >= 0.6 is 0 Å². The lowest BCUT2D eigenvalue weighted by Crippen LogP contribution is -1.97. The SMILES string of the molecule is N#CCC1C/C1=C1/c2ccc(CO)cc2COc2ccccc21. The minimum absolute atomic E-state index is 0.0309. The van der Waals surface area contributed by atoms with Gasteiger partial charge in [-0.3, -0.25) is 0 Å². The van der Waals surface area contributed by atoms with Crippen LogP contribution in [0.25, 0.3) is 5.57 Å². The minimum Gasteiger partial charge on any atom is -0.488 e. The van der Waals surface area contributed by atoms with Crippen molar-refractivity contribution in [3.05, 3.63) is 70.3 Å². The largest absolute Gasteiger partial charge is 0.488 e. The van der Waals surface area contributed by atoms with Gasteiger partial charge in [-0.05, 0) is 46.7 Å². The maximum atomic E-state index is 9.39. The van der Waals surface area contributed by atoms with Crippen molar-refractivity contribution in [2.24, 2.45) is 5.92 Å². The molecular formula is C20H17NO2. The molecule has 1 saturated carbocycles. The number of aliphatic hydroxyl groups excluding tert-OH is 1. The number of allylic oxidation sites excluding steroid dienone is 1. The predicted molar refractivity (Wildman–Crippen MR) is 87.5 cm³/mol. The van der Waals surface area contributed by atoms with Crippen LogP contribution in [-0.4, -0.2) is 5.11 Å². The van der Waals surface area contributed by atoms with Gasteiger partial charge in [-0.2, -0.15) is 5.26 Å². The number of nitriles is 1. The van der Waals surface area contributed by atoms with Gasteiger partial charge in [0, 0.05) is 12.0 Å². The van der Waals surface area contributed by atoms with E-state index >= 15 is 0 Å². The van der Waals surface area contributed by atoms with Crippen LogP contribution in [0.4, 0.5) is 0 Å². The highest BCUT2D eigenvalue weighted by atomic mass is 16.5. The molecule has 1 atom stereocenters. The van der Waals surface area contributed by atoms with Crippen LogP contribution < -0.4 is 4.74 Å². The first kappa shape index (κ1) is 14.0. The highest BCUT2D eigenvalue weighted by molar-refractivity contribution is 5.89. The summed E-state index contributed by atoms with van der Waals surface area (Å²) in [5.74, 6) is 1.26. The zero-order valence-electron chi connectivity index (χ0n) is 12.7. The molecule has 1 N–H and O–H groups in total. The molecule has 4 rings (SSSR count). The first-order valence-electron chi connectivity index (χ1n) is 7.87. The molecule has 1 aliphatic heterocycles. The summed E-state index contributed by atoms with van der Waals surface area (Å²) >= 11 is 0. The monoisotopic (exact) mass is 303 g/mol. The Morgan fingerprint density at radius 3 is 2.87 bits per heavy atom. The van der Waals surface area contributed by atoms with E-state index in [-0.39, 0.29) is 6.61 Å². The summed E-state index contributed by atoms with van der Waals surface area (Å²) in [7, 11) is 0. The zero-order valence-corrected chi connectivity index (χ0v) is 12.7. The molecule has 1 unspecified atom stereocenters. The molecule has 1 aliphatic carbocycles. The average Bonchev–Trinajstić information content (AvgIpc) is 3.35. The van der Waals surface area contributed by atoms with Crippen molar-refractivity contribution in [2.45, 2.75) is 26.1 Å². The Balaban J connectivity index is 1.92. The van der Waals surface area contributed by atoms with Gasteiger partial charge in [-0.25, -0.2) is 0 Å². The van der Waals surface area contributed by atoms with Crippen LogP contribution in [0.2, 0.25) is 0 Å². The summed E-state index contributed by atoms with van der Waals surface area (Å²) in [5, 5.41) is 18.4. The predicted octanol–water partition coefficient (Wildman–Crippen LogP) is 3.81. The number of aliphatic hydroxyl groups is 1. The third kappa shape index (κ3) is 2.42. The maximum Gasteiger partial charge on any atom is 0.127 e. The molecule has 0 amide bonds. The van der Waals surface area contributed by atoms with Gasteiger partial charge in [0.25, 0.3) is 0 Å². The lowest BCUT2D eigenvalue weighted by atomic mass is 9.92. The smallest absolute Gasteiger partial charge is 0.127 e. The van der Waals surface area contributed by atoms with Gasteiger partial charge in [0.15, 0.2) is 0 Å². The Morgan fingerprint density at radius 1 is 1.17 bits per heavy atom. The molecule has 3 nitrogen and oxygen atoms in total. The third-order valence-electron chi connectivity index (χ3n) is 4.62. The van der Waals surface area contributed by atoms with Crippen LogP contribution in [0.5, 0.6) is 5.75 Å². The lowest BCUT2D eigenvalue weighted by molar-refractivity contribution is 0.280.